The van der Waals surface area contributed by atoms with Gasteiger partial charge >= 0.3 is 0 Å². The summed E-state index contributed by atoms with van der Waals surface area (Å²) in [6.07, 6.45) is 0.933. The van der Waals surface area contributed by atoms with E-state index in [1.807, 2.05) is 54.3 Å². The average Bonchev–Trinajstić information content (AvgIpc) is 3.12. The van der Waals surface area contributed by atoms with Crippen molar-refractivity contribution < 1.29 is 13.2 Å². The van der Waals surface area contributed by atoms with E-state index < -0.39 is 9.84 Å². The lowest BCUT2D eigenvalue weighted by Crippen LogP contribution is -2.37. The number of aliphatic imine (C=N–C) groups is 1. The highest BCUT2D eigenvalue weighted by molar-refractivity contribution is 8.16. The molecule has 2 heterocycles. The second kappa shape index (κ2) is 7.37. The number of hydrogen-bond donors (Lipinski definition) is 0. The number of amides is 1. The molecule has 2 atom stereocenters. The Bertz CT molecular complexity index is 1050. The quantitative estimate of drug-likeness (QED) is 0.769. The molecule has 2 aliphatic heterocycles. The Morgan fingerprint density at radius 1 is 1.18 bits per heavy atom. The van der Waals surface area contributed by atoms with Crippen LogP contribution in [0.3, 0.4) is 0 Å². The Labute approximate surface area is 169 Å². The molecule has 2 unspecified atom stereocenters. The van der Waals surface area contributed by atoms with E-state index in [-0.39, 0.29) is 28.7 Å². The van der Waals surface area contributed by atoms with Gasteiger partial charge in [-0.3, -0.25) is 4.79 Å². The summed E-state index contributed by atoms with van der Waals surface area (Å²) < 4.78 is 24.3. The predicted octanol–water partition coefficient (Wildman–Crippen LogP) is 3.47. The van der Waals surface area contributed by atoms with Gasteiger partial charge in [-0.1, -0.05) is 48.5 Å². The van der Waals surface area contributed by atoms with Gasteiger partial charge in [0.05, 0.1) is 17.5 Å². The third-order valence-electron chi connectivity index (χ3n) is 5.15. The zero-order chi connectivity index (χ0) is 19.9. The standard InChI is InChI=1S/C21H22N2O3S2/c1-3-15-7-9-17(10-8-15)23-18-12-28(25,26)13-19(18)27-21(23)22-20(24)16-6-4-5-14(2)11-16/h4-11,18-19H,3,12-13H2,1-2H3. The van der Waals surface area contributed by atoms with Gasteiger partial charge in [-0.2, -0.15) is 4.99 Å². The van der Waals surface area contributed by atoms with E-state index in [0.717, 1.165) is 17.7 Å². The summed E-state index contributed by atoms with van der Waals surface area (Å²) in [5.74, 6) is -0.0781. The Morgan fingerprint density at radius 3 is 2.61 bits per heavy atom. The van der Waals surface area contributed by atoms with Crippen molar-refractivity contribution in [1.82, 2.24) is 0 Å². The highest BCUT2D eigenvalue weighted by Crippen LogP contribution is 2.41. The summed E-state index contributed by atoms with van der Waals surface area (Å²) in [7, 11) is -3.07. The van der Waals surface area contributed by atoms with Gasteiger partial charge < -0.3 is 4.90 Å². The number of carbonyl (C=O) groups excluding carboxylic acids is 1. The van der Waals surface area contributed by atoms with Crippen molar-refractivity contribution in [2.45, 2.75) is 31.6 Å². The maximum absolute atomic E-state index is 12.7. The zero-order valence-electron chi connectivity index (χ0n) is 15.8. The Hall–Kier alpha value is -2.12. The molecule has 0 N–H and O–H groups in total. The third-order valence-corrected chi connectivity index (χ3v) is 8.36. The van der Waals surface area contributed by atoms with E-state index in [1.165, 1.54) is 17.3 Å². The van der Waals surface area contributed by atoms with Crippen LogP contribution in [0, 0.1) is 6.92 Å². The van der Waals surface area contributed by atoms with Crippen molar-refractivity contribution in [1.29, 1.82) is 0 Å². The van der Waals surface area contributed by atoms with Crippen LogP contribution in [0.1, 0.15) is 28.4 Å². The van der Waals surface area contributed by atoms with E-state index in [9.17, 15) is 13.2 Å². The van der Waals surface area contributed by atoms with Crippen LogP contribution in [0.25, 0.3) is 0 Å². The number of nitrogens with zero attached hydrogens (tertiary/aromatic N) is 2. The van der Waals surface area contributed by atoms with Crippen LogP contribution in [0.4, 0.5) is 5.69 Å². The lowest BCUT2D eigenvalue weighted by atomic mass is 10.1. The molecule has 7 heteroatoms. The molecule has 4 rings (SSSR count). The fraction of sp³-hybridized carbons (Fsp3) is 0.333. The first-order chi connectivity index (χ1) is 13.4. The Kier molecular flexibility index (Phi) is 5.05. The van der Waals surface area contributed by atoms with Crippen LogP contribution in [-0.4, -0.2) is 42.3 Å². The number of sulfone groups is 1. The number of carbonyl (C=O) groups is 1. The fourth-order valence-electron chi connectivity index (χ4n) is 3.69. The predicted molar refractivity (Wildman–Crippen MR) is 115 cm³/mol. The number of fused-ring (bicyclic) bond motifs is 1. The molecule has 5 nitrogen and oxygen atoms in total. The Balaban J connectivity index is 1.71. The van der Waals surface area contributed by atoms with Crippen molar-refractivity contribution in [2.75, 3.05) is 16.4 Å². The molecule has 2 fully saturated rings. The molecule has 0 aliphatic carbocycles. The van der Waals surface area contributed by atoms with Crippen molar-refractivity contribution in [2.24, 2.45) is 4.99 Å². The molecule has 1 amide bonds. The van der Waals surface area contributed by atoms with Gasteiger partial charge in [0.25, 0.3) is 5.91 Å². The van der Waals surface area contributed by atoms with Crippen LogP contribution in [0.2, 0.25) is 0 Å². The maximum atomic E-state index is 12.7. The molecule has 0 spiro atoms. The SMILES string of the molecule is CCc1ccc(N2C(=NC(=O)c3cccc(C)c3)SC3CS(=O)(=O)CC32)cc1. The lowest BCUT2D eigenvalue weighted by molar-refractivity contribution is 0.100. The molecule has 2 saturated heterocycles. The first-order valence-electron chi connectivity index (χ1n) is 9.31. The fourth-order valence-corrected chi connectivity index (χ4v) is 7.60. The number of benzene rings is 2. The van der Waals surface area contributed by atoms with Crippen LogP contribution in [0.5, 0.6) is 0 Å². The van der Waals surface area contributed by atoms with E-state index in [2.05, 4.69) is 11.9 Å². The zero-order valence-corrected chi connectivity index (χ0v) is 17.5. The first-order valence-corrected chi connectivity index (χ1v) is 12.0. The van der Waals surface area contributed by atoms with Crippen LogP contribution in [0.15, 0.2) is 53.5 Å². The summed E-state index contributed by atoms with van der Waals surface area (Å²) in [4.78, 5) is 19.1. The lowest BCUT2D eigenvalue weighted by Gasteiger charge is -2.24. The summed E-state index contributed by atoms with van der Waals surface area (Å²) >= 11 is 1.40. The van der Waals surface area contributed by atoms with Gasteiger partial charge in [-0.05, 0) is 43.2 Å². The van der Waals surface area contributed by atoms with E-state index in [4.69, 9.17) is 0 Å². The number of anilines is 1. The molecule has 0 saturated carbocycles. The molecule has 146 valence electrons. The summed E-state index contributed by atoms with van der Waals surface area (Å²) in [6, 6.07) is 15.2. The van der Waals surface area contributed by atoms with E-state index in [0.29, 0.717) is 10.7 Å². The number of thioether (sulfide) groups is 1. The number of rotatable bonds is 3. The third kappa shape index (κ3) is 3.73. The molecule has 0 bridgehead atoms. The summed E-state index contributed by atoms with van der Waals surface area (Å²) in [5.41, 5.74) is 3.63. The van der Waals surface area contributed by atoms with Gasteiger partial charge in [0.1, 0.15) is 0 Å². The summed E-state index contributed by atoms with van der Waals surface area (Å²) in [6.45, 7) is 4.03. The molecular weight excluding hydrogens is 392 g/mol. The van der Waals surface area contributed by atoms with Gasteiger partial charge in [0.15, 0.2) is 15.0 Å². The Morgan fingerprint density at radius 2 is 1.93 bits per heavy atom. The first kappa shape index (κ1) is 19.2. The van der Waals surface area contributed by atoms with Crippen LogP contribution >= 0.6 is 11.8 Å². The smallest absolute Gasteiger partial charge is 0.279 e. The minimum absolute atomic E-state index is 0.0951. The van der Waals surface area contributed by atoms with Gasteiger partial charge in [0, 0.05) is 16.5 Å². The number of amidine groups is 1. The van der Waals surface area contributed by atoms with Crippen LogP contribution < -0.4 is 4.90 Å². The molecule has 0 radical (unpaired) electrons. The number of aryl methyl sites for hydroxylation is 2. The van der Waals surface area contributed by atoms with Crippen molar-refractivity contribution in [3.05, 3.63) is 65.2 Å². The molecule has 0 aromatic heterocycles. The van der Waals surface area contributed by atoms with Gasteiger partial charge in [0.2, 0.25) is 0 Å². The van der Waals surface area contributed by atoms with Gasteiger partial charge in [-0.25, -0.2) is 8.42 Å². The molecular formula is C21H22N2O3S2. The number of hydrogen-bond acceptors (Lipinski definition) is 4. The second-order valence-electron chi connectivity index (χ2n) is 7.26. The van der Waals surface area contributed by atoms with Gasteiger partial charge in [-0.15, -0.1) is 0 Å². The van der Waals surface area contributed by atoms with E-state index >= 15 is 0 Å². The minimum Gasteiger partial charge on any atom is -0.316 e. The molecule has 2 aromatic carbocycles. The minimum atomic E-state index is -3.07. The van der Waals surface area contributed by atoms with Crippen molar-refractivity contribution in [3.63, 3.8) is 0 Å². The summed E-state index contributed by atoms with van der Waals surface area (Å²) in [5, 5.41) is 0.487. The highest BCUT2D eigenvalue weighted by atomic mass is 32.2. The second-order valence-corrected chi connectivity index (χ2v) is 10.6. The van der Waals surface area contributed by atoms with Crippen molar-refractivity contribution in [3.8, 4) is 0 Å². The average molecular weight is 415 g/mol. The monoisotopic (exact) mass is 414 g/mol. The van der Waals surface area contributed by atoms with E-state index in [1.54, 1.807) is 6.07 Å². The highest BCUT2D eigenvalue weighted by Gasteiger charge is 2.49. The maximum Gasteiger partial charge on any atom is 0.279 e. The van der Waals surface area contributed by atoms with Crippen molar-refractivity contribution >= 4 is 38.4 Å². The molecule has 2 aromatic rings. The molecule has 28 heavy (non-hydrogen) atoms. The largest absolute Gasteiger partial charge is 0.316 e. The molecule has 2 aliphatic rings. The topological polar surface area (TPSA) is 66.8 Å². The van der Waals surface area contributed by atoms with Crippen LogP contribution in [-0.2, 0) is 16.3 Å². The normalized spacial score (nSPS) is 24.5.